The largest absolute Gasteiger partial charge is 0.307 e. The van der Waals surface area contributed by atoms with Crippen molar-refractivity contribution in [1.82, 2.24) is 20.3 Å². The molecular weight excluding hydrogens is 226 g/mol. The van der Waals surface area contributed by atoms with Crippen LogP contribution in [0.3, 0.4) is 0 Å². The summed E-state index contributed by atoms with van der Waals surface area (Å²) in [5.74, 6) is 0.155. The van der Waals surface area contributed by atoms with E-state index in [4.69, 9.17) is 5.26 Å². The van der Waals surface area contributed by atoms with Crippen LogP contribution in [0.2, 0.25) is 0 Å². The van der Waals surface area contributed by atoms with E-state index in [0.29, 0.717) is 12.6 Å². The third-order valence-electron chi connectivity index (χ3n) is 3.46. The zero-order valence-corrected chi connectivity index (χ0v) is 11.3. The smallest absolute Gasteiger partial charge is 0.0965 e. The van der Waals surface area contributed by atoms with Crippen molar-refractivity contribution in [2.24, 2.45) is 5.92 Å². The Balaban J connectivity index is 1.91. The number of nitrogens with one attached hydrogen (secondary N) is 1. The van der Waals surface area contributed by atoms with E-state index in [0.717, 1.165) is 25.0 Å². The topological polar surface area (TPSA) is 66.5 Å². The molecule has 18 heavy (non-hydrogen) atoms. The molecular formula is C13H21N5. The van der Waals surface area contributed by atoms with Gasteiger partial charge in [0.15, 0.2) is 0 Å². The van der Waals surface area contributed by atoms with Gasteiger partial charge in [-0.05, 0) is 33.6 Å². The van der Waals surface area contributed by atoms with E-state index >= 15 is 0 Å². The van der Waals surface area contributed by atoms with Gasteiger partial charge < -0.3 is 5.32 Å². The van der Waals surface area contributed by atoms with E-state index in [1.54, 1.807) is 0 Å². The summed E-state index contributed by atoms with van der Waals surface area (Å²) in [7, 11) is 0. The Bertz CT molecular complexity index is 437. The molecule has 2 atom stereocenters. The number of aromatic nitrogens is 3. The predicted molar refractivity (Wildman–Crippen MR) is 68.6 cm³/mol. The first-order valence-electron chi connectivity index (χ1n) is 6.55. The van der Waals surface area contributed by atoms with Crippen molar-refractivity contribution in [3.05, 3.63) is 11.9 Å². The Labute approximate surface area is 108 Å². The summed E-state index contributed by atoms with van der Waals surface area (Å²) in [5, 5.41) is 20.7. The van der Waals surface area contributed by atoms with E-state index in [-0.39, 0.29) is 11.5 Å². The standard InChI is InChI=1S/C13H21N5/c1-13(2,3)18-9-11(16-17-18)8-15-12-6-4-5-10(12)7-14/h9-10,12,15H,4-6,8H2,1-3H3. The highest BCUT2D eigenvalue weighted by molar-refractivity contribution is 4.99. The molecule has 2 rings (SSSR count). The fraction of sp³-hybridized carbons (Fsp3) is 0.769. The van der Waals surface area contributed by atoms with Gasteiger partial charge in [0.25, 0.3) is 0 Å². The van der Waals surface area contributed by atoms with E-state index in [1.807, 2.05) is 10.9 Å². The lowest BCUT2D eigenvalue weighted by molar-refractivity contribution is 0.346. The van der Waals surface area contributed by atoms with Gasteiger partial charge in [0.05, 0.1) is 29.4 Å². The molecule has 2 unspecified atom stereocenters. The predicted octanol–water partition coefficient (Wildman–Crippen LogP) is 1.81. The maximum absolute atomic E-state index is 9.02. The van der Waals surface area contributed by atoms with Gasteiger partial charge in [0.2, 0.25) is 0 Å². The molecule has 0 radical (unpaired) electrons. The maximum atomic E-state index is 9.02. The van der Waals surface area contributed by atoms with Crippen LogP contribution in [-0.4, -0.2) is 21.0 Å². The Morgan fingerprint density at radius 2 is 2.28 bits per heavy atom. The van der Waals surface area contributed by atoms with Crippen molar-refractivity contribution in [2.75, 3.05) is 0 Å². The van der Waals surface area contributed by atoms with Crippen molar-refractivity contribution < 1.29 is 0 Å². The molecule has 0 aromatic carbocycles. The second kappa shape index (κ2) is 5.07. The average Bonchev–Trinajstić information content (AvgIpc) is 2.94. The highest BCUT2D eigenvalue weighted by atomic mass is 15.4. The van der Waals surface area contributed by atoms with Crippen LogP contribution in [0.15, 0.2) is 6.20 Å². The summed E-state index contributed by atoms with van der Waals surface area (Å²) in [6, 6.07) is 2.69. The van der Waals surface area contributed by atoms with Crippen LogP contribution in [-0.2, 0) is 12.1 Å². The molecule has 0 aliphatic heterocycles. The zero-order chi connectivity index (χ0) is 13.2. The monoisotopic (exact) mass is 247 g/mol. The summed E-state index contributed by atoms with van der Waals surface area (Å²) < 4.78 is 1.88. The summed E-state index contributed by atoms with van der Waals surface area (Å²) in [6.07, 6.45) is 5.22. The fourth-order valence-corrected chi connectivity index (χ4v) is 2.30. The van der Waals surface area contributed by atoms with Gasteiger partial charge in [0, 0.05) is 12.6 Å². The lowest BCUT2D eigenvalue weighted by atomic mass is 10.1. The minimum absolute atomic E-state index is 0.0339. The van der Waals surface area contributed by atoms with Crippen LogP contribution in [0, 0.1) is 17.2 Å². The molecule has 0 saturated heterocycles. The number of hydrogen-bond acceptors (Lipinski definition) is 4. The molecule has 1 aliphatic rings. The van der Waals surface area contributed by atoms with E-state index in [2.05, 4.69) is 42.5 Å². The lowest BCUT2D eigenvalue weighted by Crippen LogP contribution is -2.31. The molecule has 1 aromatic heterocycles. The van der Waals surface area contributed by atoms with Gasteiger partial charge in [-0.1, -0.05) is 11.6 Å². The average molecular weight is 247 g/mol. The summed E-state index contributed by atoms with van der Waals surface area (Å²) in [6.45, 7) is 6.99. The molecule has 1 aromatic rings. The first kappa shape index (κ1) is 13.0. The number of hydrogen-bond donors (Lipinski definition) is 1. The first-order chi connectivity index (χ1) is 8.50. The Morgan fingerprint density at radius 3 is 2.89 bits per heavy atom. The van der Waals surface area contributed by atoms with Crippen LogP contribution >= 0.6 is 0 Å². The summed E-state index contributed by atoms with van der Waals surface area (Å²) in [4.78, 5) is 0. The highest BCUT2D eigenvalue weighted by Gasteiger charge is 2.26. The van der Waals surface area contributed by atoms with Crippen molar-refractivity contribution in [3.63, 3.8) is 0 Å². The van der Waals surface area contributed by atoms with Crippen LogP contribution in [0.5, 0.6) is 0 Å². The molecule has 5 nitrogen and oxygen atoms in total. The van der Waals surface area contributed by atoms with Crippen molar-refractivity contribution in [1.29, 1.82) is 5.26 Å². The Morgan fingerprint density at radius 1 is 1.50 bits per heavy atom. The first-order valence-corrected chi connectivity index (χ1v) is 6.55. The fourth-order valence-electron chi connectivity index (χ4n) is 2.30. The maximum Gasteiger partial charge on any atom is 0.0965 e. The normalized spacial score (nSPS) is 24.1. The zero-order valence-electron chi connectivity index (χ0n) is 11.3. The van der Waals surface area contributed by atoms with Crippen molar-refractivity contribution in [2.45, 2.75) is 58.2 Å². The number of rotatable bonds is 3. The van der Waals surface area contributed by atoms with Gasteiger partial charge in [-0.2, -0.15) is 5.26 Å². The molecule has 0 spiro atoms. The van der Waals surface area contributed by atoms with Gasteiger partial charge in [-0.3, -0.25) is 0 Å². The number of nitriles is 1. The molecule has 1 aliphatic carbocycles. The Hall–Kier alpha value is -1.41. The van der Waals surface area contributed by atoms with Crippen LogP contribution < -0.4 is 5.32 Å². The lowest BCUT2D eigenvalue weighted by Gasteiger charge is -2.17. The third kappa shape index (κ3) is 2.88. The van der Waals surface area contributed by atoms with Crippen molar-refractivity contribution >= 4 is 0 Å². The minimum Gasteiger partial charge on any atom is -0.307 e. The summed E-state index contributed by atoms with van der Waals surface area (Å²) >= 11 is 0. The van der Waals surface area contributed by atoms with E-state index in [9.17, 15) is 0 Å². The molecule has 1 saturated carbocycles. The van der Waals surface area contributed by atoms with Gasteiger partial charge >= 0.3 is 0 Å². The molecule has 98 valence electrons. The second-order valence-corrected chi connectivity index (χ2v) is 5.98. The van der Waals surface area contributed by atoms with Gasteiger partial charge in [-0.25, -0.2) is 4.68 Å². The van der Waals surface area contributed by atoms with Gasteiger partial charge in [0.1, 0.15) is 0 Å². The second-order valence-electron chi connectivity index (χ2n) is 5.98. The molecule has 5 heteroatoms. The quantitative estimate of drug-likeness (QED) is 0.884. The van der Waals surface area contributed by atoms with Crippen LogP contribution in [0.4, 0.5) is 0 Å². The van der Waals surface area contributed by atoms with E-state index < -0.39 is 0 Å². The molecule has 1 N–H and O–H groups in total. The minimum atomic E-state index is -0.0339. The number of nitrogens with zero attached hydrogens (tertiary/aromatic N) is 4. The Kier molecular flexibility index (Phi) is 3.67. The molecule has 0 bridgehead atoms. The van der Waals surface area contributed by atoms with Crippen LogP contribution in [0.1, 0.15) is 45.7 Å². The highest BCUT2D eigenvalue weighted by Crippen LogP contribution is 2.25. The molecule has 0 amide bonds. The van der Waals surface area contributed by atoms with Crippen LogP contribution in [0.25, 0.3) is 0 Å². The molecule has 1 heterocycles. The SMILES string of the molecule is CC(C)(C)n1cc(CNC2CCCC2C#N)nn1. The van der Waals surface area contributed by atoms with Crippen molar-refractivity contribution in [3.8, 4) is 6.07 Å². The summed E-state index contributed by atoms with van der Waals surface area (Å²) in [5.41, 5.74) is 0.905. The van der Waals surface area contributed by atoms with E-state index in [1.165, 1.54) is 0 Å². The molecule has 1 fully saturated rings. The third-order valence-corrected chi connectivity index (χ3v) is 3.46. The van der Waals surface area contributed by atoms with Gasteiger partial charge in [-0.15, -0.1) is 5.10 Å².